The van der Waals surface area contributed by atoms with E-state index in [1.54, 1.807) is 12.1 Å². The number of hydroxylamine groups is 2. The summed E-state index contributed by atoms with van der Waals surface area (Å²) >= 11 is 0. The summed E-state index contributed by atoms with van der Waals surface area (Å²) in [5.74, 6) is -1.43. The number of carbonyl (C=O) groups excluding carboxylic acids is 2. The van der Waals surface area contributed by atoms with Crippen molar-refractivity contribution < 1.29 is 32.3 Å². The van der Waals surface area contributed by atoms with Crippen LogP contribution in [0.5, 0.6) is 0 Å². The lowest BCUT2D eigenvalue weighted by Gasteiger charge is -2.33. The zero-order valence-electron chi connectivity index (χ0n) is 12.2. The van der Waals surface area contributed by atoms with Crippen molar-refractivity contribution in [2.45, 2.75) is 18.8 Å². The summed E-state index contributed by atoms with van der Waals surface area (Å²) in [6, 6.07) is 4.89. The minimum absolute atomic E-state index is 0.100. The summed E-state index contributed by atoms with van der Waals surface area (Å²) in [4.78, 5) is 28.0. The molecule has 0 spiro atoms. The molecule has 0 aliphatic carbocycles. The van der Waals surface area contributed by atoms with Gasteiger partial charge in [0.15, 0.2) is 6.23 Å². The third-order valence-corrected chi connectivity index (χ3v) is 3.61. The number of ether oxygens (including phenoxy) is 1. The van der Waals surface area contributed by atoms with Crippen molar-refractivity contribution in [1.82, 2.24) is 5.06 Å². The van der Waals surface area contributed by atoms with E-state index in [9.17, 15) is 22.8 Å². The van der Waals surface area contributed by atoms with Gasteiger partial charge in [-0.15, -0.1) is 0 Å². The Balaban J connectivity index is 1.86. The van der Waals surface area contributed by atoms with Crippen molar-refractivity contribution in [3.63, 3.8) is 0 Å². The molecule has 2 aliphatic heterocycles. The van der Waals surface area contributed by atoms with Crippen LogP contribution in [-0.4, -0.2) is 29.8 Å². The monoisotopic (exact) mass is 339 g/mol. The van der Waals surface area contributed by atoms with E-state index in [2.05, 4.69) is 0 Å². The molecule has 0 bridgehead atoms. The van der Waals surface area contributed by atoms with E-state index in [0.29, 0.717) is 11.1 Å². The van der Waals surface area contributed by atoms with Gasteiger partial charge in [-0.05, 0) is 23.3 Å². The number of fused-ring (bicyclic) bond motifs is 1. The Hall–Kier alpha value is -2.61. The van der Waals surface area contributed by atoms with Gasteiger partial charge in [-0.1, -0.05) is 23.3 Å². The highest BCUT2D eigenvalue weighted by Gasteiger charge is 2.33. The third kappa shape index (κ3) is 3.48. The van der Waals surface area contributed by atoms with Crippen LogP contribution in [0.3, 0.4) is 0 Å². The number of benzene rings is 1. The Bertz CT molecular complexity index is 739. The molecule has 2 aliphatic rings. The summed E-state index contributed by atoms with van der Waals surface area (Å²) in [7, 11) is 0. The fourth-order valence-corrected chi connectivity index (χ4v) is 2.47. The Kier molecular flexibility index (Phi) is 4.15. The van der Waals surface area contributed by atoms with Crippen LogP contribution in [0.4, 0.5) is 13.2 Å². The van der Waals surface area contributed by atoms with Crippen LogP contribution in [-0.2, 0) is 25.3 Å². The largest absolute Gasteiger partial charge is 0.440 e. The van der Waals surface area contributed by atoms with Crippen LogP contribution in [0.2, 0.25) is 0 Å². The molecule has 0 amide bonds. The smallest absolute Gasteiger partial charge is 0.416 e. The molecule has 24 heavy (non-hydrogen) atoms. The standard InChI is InChI=1S/C16H12F3NO4/c17-16(18,19)12-3-1-2-10(8-12)11-6-7-20-13(9-11)23-14(21)4-5-15(22)24-20/h1-6,8,13H,7,9H2/b5-4-. The predicted octanol–water partition coefficient (Wildman–Crippen LogP) is 2.69. The third-order valence-electron chi connectivity index (χ3n) is 3.61. The van der Waals surface area contributed by atoms with Crippen molar-refractivity contribution in [2.75, 3.05) is 6.54 Å². The number of carbonyl (C=O) groups is 2. The fourth-order valence-electron chi connectivity index (χ4n) is 2.47. The summed E-state index contributed by atoms with van der Waals surface area (Å²) in [5, 5.41) is 1.18. The summed E-state index contributed by atoms with van der Waals surface area (Å²) in [6.07, 6.45) is -1.69. The van der Waals surface area contributed by atoms with E-state index in [-0.39, 0.29) is 13.0 Å². The van der Waals surface area contributed by atoms with Crippen LogP contribution in [0, 0.1) is 0 Å². The first kappa shape index (κ1) is 16.3. The molecular formula is C16H12F3NO4. The number of alkyl halides is 3. The Morgan fingerprint density at radius 3 is 2.62 bits per heavy atom. The van der Waals surface area contributed by atoms with Crippen LogP contribution in [0.25, 0.3) is 5.57 Å². The normalized spacial score (nSPS) is 23.3. The molecule has 0 aromatic heterocycles. The highest BCUT2D eigenvalue weighted by Crippen LogP contribution is 2.33. The van der Waals surface area contributed by atoms with Crippen molar-refractivity contribution in [3.8, 4) is 0 Å². The zero-order chi connectivity index (χ0) is 17.3. The second-order valence-corrected chi connectivity index (χ2v) is 5.25. The number of hydrogen-bond acceptors (Lipinski definition) is 5. The highest BCUT2D eigenvalue weighted by atomic mass is 19.4. The molecule has 0 saturated carbocycles. The topological polar surface area (TPSA) is 55.8 Å². The first-order valence-electron chi connectivity index (χ1n) is 7.07. The van der Waals surface area contributed by atoms with Gasteiger partial charge in [0.25, 0.3) is 0 Å². The molecule has 1 atom stereocenters. The molecule has 5 nitrogen and oxygen atoms in total. The minimum Gasteiger partial charge on any atom is -0.440 e. The van der Waals surface area contributed by atoms with Gasteiger partial charge >= 0.3 is 18.1 Å². The lowest BCUT2D eigenvalue weighted by molar-refractivity contribution is -0.234. The maximum atomic E-state index is 12.8. The van der Waals surface area contributed by atoms with Crippen LogP contribution in [0.15, 0.2) is 42.5 Å². The van der Waals surface area contributed by atoms with E-state index >= 15 is 0 Å². The van der Waals surface area contributed by atoms with Gasteiger partial charge in [-0.25, -0.2) is 9.59 Å². The molecule has 1 aromatic carbocycles. The van der Waals surface area contributed by atoms with Gasteiger partial charge in [0.05, 0.1) is 12.1 Å². The molecule has 1 unspecified atom stereocenters. The fraction of sp³-hybridized carbons (Fsp3) is 0.250. The molecule has 0 radical (unpaired) electrons. The number of hydrogen-bond donors (Lipinski definition) is 0. The predicted molar refractivity (Wildman–Crippen MR) is 75.9 cm³/mol. The average molecular weight is 339 g/mol. The van der Waals surface area contributed by atoms with Crippen molar-refractivity contribution in [3.05, 3.63) is 53.6 Å². The molecule has 1 aromatic rings. The van der Waals surface area contributed by atoms with E-state index in [1.807, 2.05) is 0 Å². The van der Waals surface area contributed by atoms with Crippen LogP contribution >= 0.6 is 0 Å². The summed E-state index contributed by atoms with van der Waals surface area (Å²) < 4.78 is 43.7. The van der Waals surface area contributed by atoms with Crippen molar-refractivity contribution in [1.29, 1.82) is 0 Å². The van der Waals surface area contributed by atoms with Gasteiger partial charge in [0.2, 0.25) is 0 Å². The minimum atomic E-state index is -4.44. The molecule has 0 fully saturated rings. The van der Waals surface area contributed by atoms with E-state index < -0.39 is 29.9 Å². The highest BCUT2D eigenvalue weighted by molar-refractivity contribution is 5.92. The molecular weight excluding hydrogens is 327 g/mol. The quantitative estimate of drug-likeness (QED) is 0.737. The van der Waals surface area contributed by atoms with E-state index in [4.69, 9.17) is 9.57 Å². The summed E-state index contributed by atoms with van der Waals surface area (Å²) in [6.45, 7) is 0.100. The van der Waals surface area contributed by atoms with E-state index in [0.717, 1.165) is 24.3 Å². The van der Waals surface area contributed by atoms with Crippen LogP contribution < -0.4 is 0 Å². The first-order chi connectivity index (χ1) is 11.3. The Labute approximate surface area is 134 Å². The SMILES string of the molecule is O=C1/C=C\C(=O)ON2CC=C(c3cccc(C(F)(F)F)c3)CC2O1. The molecule has 3 rings (SSSR count). The Morgan fingerprint density at radius 1 is 1.12 bits per heavy atom. The van der Waals surface area contributed by atoms with Gasteiger partial charge < -0.3 is 9.57 Å². The molecule has 126 valence electrons. The molecule has 2 heterocycles. The maximum Gasteiger partial charge on any atom is 0.416 e. The van der Waals surface area contributed by atoms with Gasteiger partial charge in [0.1, 0.15) is 0 Å². The number of esters is 1. The molecule has 0 saturated heterocycles. The lowest BCUT2D eigenvalue weighted by atomic mass is 9.97. The number of rotatable bonds is 1. The maximum absolute atomic E-state index is 12.8. The van der Waals surface area contributed by atoms with E-state index in [1.165, 1.54) is 11.1 Å². The average Bonchev–Trinajstić information content (AvgIpc) is 2.52. The summed E-state index contributed by atoms with van der Waals surface area (Å²) in [5.41, 5.74) is 0.201. The van der Waals surface area contributed by atoms with Gasteiger partial charge in [0, 0.05) is 18.6 Å². The number of halogens is 3. The van der Waals surface area contributed by atoms with Crippen molar-refractivity contribution >= 4 is 17.5 Å². The second kappa shape index (κ2) is 6.12. The zero-order valence-corrected chi connectivity index (χ0v) is 12.2. The van der Waals surface area contributed by atoms with Crippen LogP contribution in [0.1, 0.15) is 17.5 Å². The Morgan fingerprint density at radius 2 is 1.88 bits per heavy atom. The molecule has 8 heteroatoms. The van der Waals surface area contributed by atoms with Gasteiger partial charge in [-0.2, -0.15) is 13.2 Å². The molecule has 0 N–H and O–H groups in total. The first-order valence-corrected chi connectivity index (χ1v) is 7.07. The number of nitrogens with zero attached hydrogens (tertiary/aromatic N) is 1. The second-order valence-electron chi connectivity index (χ2n) is 5.25. The van der Waals surface area contributed by atoms with Crippen molar-refractivity contribution in [2.24, 2.45) is 0 Å². The van der Waals surface area contributed by atoms with Gasteiger partial charge in [-0.3, -0.25) is 0 Å². The lowest BCUT2D eigenvalue weighted by Crippen LogP contribution is -2.43.